The maximum Gasteiger partial charge on any atom is 0.337 e. The standard InChI is InChI=1S/C25H23F4N9/c1-13-10-32-24(33-19(31-3)7-8-30)34-21(13)15-9-18-22-35-36-23(38(22)14(2)11-37(18)12-15)25(28,29)20-16(26)5-4-6-17(20)27/h4-10,12,14,30-31H,11H2,1-3H3,(H,32,33,34)/b19-7+,30-8?/t14-/m0/s1. The summed E-state index contributed by atoms with van der Waals surface area (Å²) in [5.74, 6) is -6.64. The number of aromatic nitrogens is 6. The fourth-order valence-electron chi connectivity index (χ4n) is 4.54. The van der Waals surface area contributed by atoms with Gasteiger partial charge in [0, 0.05) is 37.8 Å². The topological polar surface area (TPSA) is 109 Å². The van der Waals surface area contributed by atoms with Gasteiger partial charge in [0.1, 0.15) is 23.0 Å². The van der Waals surface area contributed by atoms with Crippen LogP contribution in [-0.4, -0.2) is 42.6 Å². The molecule has 0 unspecified atom stereocenters. The fraction of sp³-hybridized carbons (Fsp3) is 0.240. The average molecular weight is 526 g/mol. The second kappa shape index (κ2) is 9.39. The quantitative estimate of drug-likeness (QED) is 0.240. The predicted molar refractivity (Wildman–Crippen MR) is 133 cm³/mol. The van der Waals surface area contributed by atoms with Crippen molar-refractivity contribution in [3.63, 3.8) is 0 Å². The summed E-state index contributed by atoms with van der Waals surface area (Å²) >= 11 is 0. The van der Waals surface area contributed by atoms with Crippen LogP contribution in [0.15, 0.2) is 48.6 Å². The number of halogens is 4. The molecule has 9 nitrogen and oxygen atoms in total. The average Bonchev–Trinajstić information content (AvgIpc) is 3.50. The Bertz CT molecular complexity index is 1550. The van der Waals surface area contributed by atoms with Crippen molar-refractivity contribution in [2.45, 2.75) is 32.4 Å². The van der Waals surface area contributed by atoms with Crippen LogP contribution in [0.25, 0.3) is 22.8 Å². The van der Waals surface area contributed by atoms with Crippen LogP contribution in [0.3, 0.4) is 0 Å². The highest BCUT2D eigenvalue weighted by Crippen LogP contribution is 2.42. The van der Waals surface area contributed by atoms with Gasteiger partial charge in [-0.15, -0.1) is 10.2 Å². The minimum atomic E-state index is -4.05. The molecule has 5 rings (SSSR count). The minimum Gasteiger partial charge on any atom is -0.375 e. The van der Waals surface area contributed by atoms with Crippen LogP contribution in [0.5, 0.6) is 0 Å². The highest BCUT2D eigenvalue weighted by atomic mass is 19.3. The number of nitrogens with one attached hydrogen (secondary N) is 3. The number of hydrogen-bond acceptors (Lipinski definition) is 7. The molecular formula is C25H23F4N9. The Morgan fingerprint density at radius 2 is 1.95 bits per heavy atom. The van der Waals surface area contributed by atoms with E-state index in [4.69, 9.17) is 5.41 Å². The molecule has 13 heteroatoms. The van der Waals surface area contributed by atoms with Gasteiger partial charge in [0.25, 0.3) is 0 Å². The smallest absolute Gasteiger partial charge is 0.337 e. The van der Waals surface area contributed by atoms with Gasteiger partial charge in [-0.3, -0.25) is 4.57 Å². The SMILES string of the molecule is CN/C(=C\C=N)Nc1ncc(C)c(-c2cc3n(c2)C[C@H](C)n2c-3nnc2C(F)(F)c2c(F)cccc2F)n1. The van der Waals surface area contributed by atoms with Gasteiger partial charge in [0.15, 0.2) is 5.82 Å². The lowest BCUT2D eigenvalue weighted by Crippen LogP contribution is -2.29. The van der Waals surface area contributed by atoms with Crippen molar-refractivity contribution in [1.29, 1.82) is 5.41 Å². The van der Waals surface area contributed by atoms with Crippen LogP contribution in [0.1, 0.15) is 29.9 Å². The molecule has 1 aromatic carbocycles. The van der Waals surface area contributed by atoms with Crippen LogP contribution in [0.2, 0.25) is 0 Å². The van der Waals surface area contributed by atoms with Crippen molar-refractivity contribution in [2.75, 3.05) is 12.4 Å². The van der Waals surface area contributed by atoms with Gasteiger partial charge in [-0.1, -0.05) is 6.07 Å². The summed E-state index contributed by atoms with van der Waals surface area (Å²) in [5.41, 5.74) is 1.22. The lowest BCUT2D eigenvalue weighted by molar-refractivity contribution is 0.0192. The molecular weight excluding hydrogens is 502 g/mol. The van der Waals surface area contributed by atoms with Crippen LogP contribution in [0, 0.1) is 24.0 Å². The number of nitrogens with zero attached hydrogens (tertiary/aromatic N) is 6. The predicted octanol–water partition coefficient (Wildman–Crippen LogP) is 4.63. The number of aryl methyl sites for hydroxylation is 1. The number of rotatable bonds is 7. The maximum atomic E-state index is 15.5. The van der Waals surface area contributed by atoms with E-state index in [0.29, 0.717) is 35.3 Å². The summed E-state index contributed by atoms with van der Waals surface area (Å²) in [7, 11) is 1.69. The Balaban J connectivity index is 1.57. The van der Waals surface area contributed by atoms with Crippen LogP contribution in [-0.2, 0) is 12.5 Å². The van der Waals surface area contributed by atoms with Crippen LogP contribution >= 0.6 is 0 Å². The summed E-state index contributed by atoms with van der Waals surface area (Å²) in [6.45, 7) is 3.85. The Hall–Kier alpha value is -4.55. The summed E-state index contributed by atoms with van der Waals surface area (Å²) in [4.78, 5) is 8.88. The molecule has 4 aromatic rings. The van der Waals surface area contributed by atoms with Gasteiger partial charge in [0.05, 0.1) is 17.4 Å². The molecule has 0 bridgehead atoms. The first-order valence-electron chi connectivity index (χ1n) is 11.6. The van der Waals surface area contributed by atoms with Crippen LogP contribution < -0.4 is 10.6 Å². The molecule has 1 aliphatic rings. The maximum absolute atomic E-state index is 15.5. The Morgan fingerprint density at radius 1 is 1.21 bits per heavy atom. The van der Waals surface area contributed by atoms with E-state index in [2.05, 4.69) is 30.8 Å². The number of benzene rings is 1. The van der Waals surface area contributed by atoms with Crippen molar-refractivity contribution >= 4 is 12.2 Å². The third kappa shape index (κ3) is 4.09. The zero-order valence-corrected chi connectivity index (χ0v) is 20.6. The van der Waals surface area contributed by atoms with Gasteiger partial charge in [-0.25, -0.2) is 18.7 Å². The summed E-state index contributed by atoms with van der Waals surface area (Å²) in [6, 6.07) is 3.82. The monoisotopic (exact) mass is 525 g/mol. The first-order chi connectivity index (χ1) is 18.1. The van der Waals surface area contributed by atoms with E-state index in [1.165, 1.54) is 10.6 Å². The highest BCUT2D eigenvalue weighted by Gasteiger charge is 2.46. The third-order valence-electron chi connectivity index (χ3n) is 6.29. The molecule has 4 heterocycles. The van der Waals surface area contributed by atoms with E-state index in [9.17, 15) is 8.78 Å². The van der Waals surface area contributed by atoms with Crippen molar-refractivity contribution in [2.24, 2.45) is 0 Å². The van der Waals surface area contributed by atoms with Crippen molar-refractivity contribution in [3.8, 4) is 22.8 Å². The number of alkyl halides is 2. The zero-order chi connectivity index (χ0) is 27.2. The summed E-state index contributed by atoms with van der Waals surface area (Å²) < 4.78 is 62.6. The molecule has 0 fully saturated rings. The number of hydrogen-bond donors (Lipinski definition) is 3. The van der Waals surface area contributed by atoms with Crippen molar-refractivity contribution in [1.82, 2.24) is 34.6 Å². The molecule has 0 saturated heterocycles. The Kier molecular flexibility index (Phi) is 6.21. The summed E-state index contributed by atoms with van der Waals surface area (Å²) in [6.07, 6.45) is 6.11. The van der Waals surface area contributed by atoms with E-state index in [0.717, 1.165) is 30.0 Å². The normalized spacial score (nSPS) is 15.1. The molecule has 1 atom stereocenters. The first-order valence-corrected chi connectivity index (χ1v) is 11.6. The number of fused-ring (bicyclic) bond motifs is 3. The lowest BCUT2D eigenvalue weighted by Gasteiger charge is -2.27. The number of allylic oxidation sites excluding steroid dienone is 1. The molecule has 38 heavy (non-hydrogen) atoms. The first kappa shape index (κ1) is 25.1. The molecule has 0 spiro atoms. The largest absolute Gasteiger partial charge is 0.375 e. The van der Waals surface area contributed by atoms with Gasteiger partial charge < -0.3 is 20.6 Å². The van der Waals surface area contributed by atoms with Gasteiger partial charge in [0.2, 0.25) is 11.8 Å². The molecule has 3 aromatic heterocycles. The van der Waals surface area contributed by atoms with E-state index in [1.54, 1.807) is 26.2 Å². The fourth-order valence-corrected chi connectivity index (χ4v) is 4.54. The molecule has 1 aliphatic heterocycles. The van der Waals surface area contributed by atoms with E-state index < -0.39 is 35.0 Å². The molecule has 0 radical (unpaired) electrons. The number of anilines is 1. The molecule has 0 saturated carbocycles. The lowest BCUT2D eigenvalue weighted by atomic mass is 10.1. The van der Waals surface area contributed by atoms with E-state index in [-0.39, 0.29) is 5.82 Å². The Morgan fingerprint density at radius 3 is 2.63 bits per heavy atom. The van der Waals surface area contributed by atoms with Crippen LogP contribution in [0.4, 0.5) is 23.5 Å². The molecule has 3 N–H and O–H groups in total. The molecule has 0 aliphatic carbocycles. The van der Waals surface area contributed by atoms with Gasteiger partial charge >= 0.3 is 5.92 Å². The van der Waals surface area contributed by atoms with Gasteiger partial charge in [-0.05, 0) is 43.7 Å². The zero-order valence-electron chi connectivity index (χ0n) is 20.6. The molecule has 0 amide bonds. The summed E-state index contributed by atoms with van der Waals surface area (Å²) in [5, 5.41) is 20.9. The highest BCUT2D eigenvalue weighted by molar-refractivity contribution is 5.72. The van der Waals surface area contributed by atoms with Crippen molar-refractivity contribution in [3.05, 3.63) is 77.1 Å². The Labute approximate surface area is 214 Å². The van der Waals surface area contributed by atoms with E-state index in [1.807, 2.05) is 17.7 Å². The second-order valence-corrected chi connectivity index (χ2v) is 8.85. The second-order valence-electron chi connectivity index (χ2n) is 8.85. The molecule has 196 valence electrons. The third-order valence-corrected chi connectivity index (χ3v) is 6.29. The van der Waals surface area contributed by atoms with Crippen molar-refractivity contribution < 1.29 is 17.6 Å². The minimum absolute atomic E-state index is 0.151. The van der Waals surface area contributed by atoms with Gasteiger partial charge in [-0.2, -0.15) is 8.78 Å². The van der Waals surface area contributed by atoms with E-state index >= 15 is 8.78 Å².